The number of hydrogen-bond acceptors (Lipinski definition) is 1. The number of halogens is 1. The number of rotatable bonds is 1. The van der Waals surface area contributed by atoms with Gasteiger partial charge in [-0.25, -0.2) is 4.39 Å². The first kappa shape index (κ1) is 11.4. The minimum Gasteiger partial charge on any atom is -0.508 e. The first-order valence-corrected chi connectivity index (χ1v) is 5.91. The zero-order valence-electron chi connectivity index (χ0n) is 10.2. The summed E-state index contributed by atoms with van der Waals surface area (Å²) < 4.78 is 13.3. The summed E-state index contributed by atoms with van der Waals surface area (Å²) in [6.45, 7) is 6.20. The molecule has 0 aliphatic heterocycles. The summed E-state index contributed by atoms with van der Waals surface area (Å²) in [5.74, 6) is 0.145. The van der Waals surface area contributed by atoms with Crippen LogP contribution >= 0.6 is 0 Å². The molecule has 0 saturated heterocycles. The van der Waals surface area contributed by atoms with Gasteiger partial charge in [0.15, 0.2) is 0 Å². The summed E-state index contributed by atoms with van der Waals surface area (Å²) in [6.07, 6.45) is 3.45. The Morgan fingerprint density at radius 1 is 1.38 bits per heavy atom. The van der Waals surface area contributed by atoms with Crippen molar-refractivity contribution in [3.63, 3.8) is 0 Å². The van der Waals surface area contributed by atoms with Crippen LogP contribution in [-0.4, -0.2) is 5.11 Å². The monoisotopic (exact) mass is 222 g/mol. The number of aryl methyl sites for hydroxylation is 1. The van der Waals surface area contributed by atoms with Gasteiger partial charge < -0.3 is 5.11 Å². The Labute approximate surface area is 96.3 Å². The van der Waals surface area contributed by atoms with Crippen molar-refractivity contribution >= 4 is 0 Å². The maximum Gasteiger partial charge on any atom is 0.129 e. The van der Waals surface area contributed by atoms with Crippen molar-refractivity contribution in [3.05, 3.63) is 29.1 Å². The Morgan fingerprint density at radius 3 is 2.62 bits per heavy atom. The van der Waals surface area contributed by atoms with Gasteiger partial charge in [0.2, 0.25) is 0 Å². The quantitative estimate of drug-likeness (QED) is 0.757. The van der Waals surface area contributed by atoms with Crippen molar-refractivity contribution in [1.29, 1.82) is 0 Å². The smallest absolute Gasteiger partial charge is 0.129 e. The fraction of sp³-hybridized carbons (Fsp3) is 0.571. The van der Waals surface area contributed by atoms with Gasteiger partial charge >= 0.3 is 0 Å². The molecule has 0 spiro atoms. The van der Waals surface area contributed by atoms with E-state index in [1.807, 2.05) is 6.07 Å². The average molecular weight is 222 g/mol. The van der Waals surface area contributed by atoms with Crippen LogP contribution in [0.15, 0.2) is 12.1 Å². The molecule has 0 unspecified atom stereocenters. The highest BCUT2D eigenvalue weighted by atomic mass is 19.1. The van der Waals surface area contributed by atoms with Gasteiger partial charge in [0.25, 0.3) is 0 Å². The molecule has 1 aromatic carbocycles. The predicted molar refractivity (Wildman–Crippen MR) is 63.2 cm³/mol. The van der Waals surface area contributed by atoms with Gasteiger partial charge in [0.1, 0.15) is 11.6 Å². The fourth-order valence-corrected chi connectivity index (χ4v) is 2.88. The molecule has 1 aromatic rings. The first-order valence-electron chi connectivity index (χ1n) is 5.91. The van der Waals surface area contributed by atoms with Gasteiger partial charge in [-0.2, -0.15) is 0 Å². The Kier molecular flexibility index (Phi) is 2.69. The summed E-state index contributed by atoms with van der Waals surface area (Å²) in [5.41, 5.74) is 1.75. The molecule has 1 aliphatic carbocycles. The lowest BCUT2D eigenvalue weighted by molar-refractivity contribution is 0.323. The number of phenolic OH excluding ortho intramolecular Hbond substituents is 1. The second-order valence-electron chi connectivity index (χ2n) is 5.59. The van der Waals surface area contributed by atoms with Crippen LogP contribution in [0.1, 0.15) is 50.2 Å². The molecule has 2 heteroatoms. The molecule has 0 radical (unpaired) electrons. The van der Waals surface area contributed by atoms with Gasteiger partial charge in [-0.15, -0.1) is 0 Å². The van der Waals surface area contributed by atoms with E-state index >= 15 is 0 Å². The molecule has 0 heterocycles. The molecule has 1 atom stereocenters. The minimum atomic E-state index is -0.322. The maximum absolute atomic E-state index is 13.3. The summed E-state index contributed by atoms with van der Waals surface area (Å²) in [7, 11) is 0. The summed E-state index contributed by atoms with van der Waals surface area (Å²) in [5, 5.41) is 9.87. The summed E-state index contributed by atoms with van der Waals surface area (Å²) in [4.78, 5) is 0. The van der Waals surface area contributed by atoms with Crippen molar-refractivity contribution < 1.29 is 9.50 Å². The van der Waals surface area contributed by atoms with Crippen LogP contribution in [0.5, 0.6) is 5.75 Å². The highest BCUT2D eigenvalue weighted by Crippen LogP contribution is 2.51. The minimum absolute atomic E-state index is 0.114. The molecular weight excluding hydrogens is 203 g/mol. The lowest BCUT2D eigenvalue weighted by Crippen LogP contribution is -2.15. The largest absolute Gasteiger partial charge is 0.508 e. The van der Waals surface area contributed by atoms with Crippen molar-refractivity contribution in [3.8, 4) is 5.75 Å². The molecule has 0 bridgehead atoms. The van der Waals surface area contributed by atoms with Crippen molar-refractivity contribution in [2.75, 3.05) is 0 Å². The highest BCUT2D eigenvalue weighted by molar-refractivity contribution is 5.40. The van der Waals surface area contributed by atoms with Crippen LogP contribution in [-0.2, 0) is 0 Å². The molecule has 0 amide bonds. The third-order valence-electron chi connectivity index (χ3n) is 3.94. The van der Waals surface area contributed by atoms with Gasteiger partial charge in [-0.05, 0) is 48.3 Å². The van der Waals surface area contributed by atoms with Crippen LogP contribution in [0.2, 0.25) is 0 Å². The van der Waals surface area contributed by atoms with Gasteiger partial charge in [-0.3, -0.25) is 0 Å². The van der Waals surface area contributed by atoms with Crippen LogP contribution in [0.4, 0.5) is 4.39 Å². The van der Waals surface area contributed by atoms with Crippen LogP contribution in [0.3, 0.4) is 0 Å². The Hall–Kier alpha value is -1.05. The third-order valence-corrected chi connectivity index (χ3v) is 3.94. The van der Waals surface area contributed by atoms with E-state index in [1.54, 1.807) is 6.92 Å². The molecule has 1 fully saturated rings. The molecule has 1 N–H and O–H groups in total. The maximum atomic E-state index is 13.3. The van der Waals surface area contributed by atoms with Crippen molar-refractivity contribution in [2.24, 2.45) is 5.41 Å². The van der Waals surface area contributed by atoms with E-state index in [9.17, 15) is 9.50 Å². The van der Waals surface area contributed by atoms with E-state index in [-0.39, 0.29) is 17.0 Å². The second-order valence-corrected chi connectivity index (χ2v) is 5.59. The van der Waals surface area contributed by atoms with Crippen LogP contribution < -0.4 is 0 Å². The van der Waals surface area contributed by atoms with E-state index in [4.69, 9.17) is 0 Å². The molecule has 16 heavy (non-hydrogen) atoms. The van der Waals surface area contributed by atoms with Gasteiger partial charge in [0.05, 0.1) is 0 Å². The highest BCUT2D eigenvalue weighted by Gasteiger charge is 2.36. The van der Waals surface area contributed by atoms with Crippen LogP contribution in [0, 0.1) is 18.2 Å². The Balaban J connectivity index is 2.44. The molecule has 88 valence electrons. The van der Waals surface area contributed by atoms with Crippen molar-refractivity contribution in [2.45, 2.75) is 46.0 Å². The first-order chi connectivity index (χ1) is 7.42. The topological polar surface area (TPSA) is 20.2 Å². The SMILES string of the molecule is Cc1cc([C@H]2CCCC2(C)C)c(O)cc1F. The third kappa shape index (κ3) is 1.81. The second kappa shape index (κ2) is 3.76. The normalized spacial score (nSPS) is 23.6. The van der Waals surface area contributed by atoms with E-state index in [1.165, 1.54) is 18.9 Å². The average Bonchev–Trinajstić information content (AvgIpc) is 2.52. The summed E-state index contributed by atoms with van der Waals surface area (Å²) in [6, 6.07) is 3.06. The number of benzene rings is 1. The Morgan fingerprint density at radius 2 is 2.06 bits per heavy atom. The molecule has 0 aromatic heterocycles. The lowest BCUT2D eigenvalue weighted by Gasteiger charge is -2.28. The fourth-order valence-electron chi connectivity index (χ4n) is 2.88. The zero-order valence-corrected chi connectivity index (χ0v) is 10.2. The van der Waals surface area contributed by atoms with E-state index in [0.717, 1.165) is 12.0 Å². The standard InChI is InChI=1S/C14H19FO/c1-9-7-10(13(16)8-12(9)15)11-5-4-6-14(11,2)3/h7-8,11,16H,4-6H2,1-3H3/t11-/m1/s1. The molecule has 1 saturated carbocycles. The number of phenols is 1. The molecule has 1 aliphatic rings. The van der Waals surface area contributed by atoms with Crippen LogP contribution in [0.25, 0.3) is 0 Å². The van der Waals surface area contributed by atoms with E-state index in [0.29, 0.717) is 11.5 Å². The predicted octanol–water partition coefficient (Wildman–Crippen LogP) is 4.13. The molecule has 2 rings (SSSR count). The van der Waals surface area contributed by atoms with Gasteiger partial charge in [0, 0.05) is 6.07 Å². The molecular formula is C14H19FO. The number of hydrogen-bond donors (Lipinski definition) is 1. The van der Waals surface area contributed by atoms with E-state index < -0.39 is 0 Å². The van der Waals surface area contributed by atoms with E-state index in [2.05, 4.69) is 13.8 Å². The number of aromatic hydroxyl groups is 1. The van der Waals surface area contributed by atoms with Gasteiger partial charge in [-0.1, -0.05) is 20.3 Å². The van der Waals surface area contributed by atoms with Crippen molar-refractivity contribution in [1.82, 2.24) is 0 Å². The Bertz CT molecular complexity index is 409. The zero-order chi connectivity index (χ0) is 11.9. The lowest BCUT2D eigenvalue weighted by atomic mass is 9.77. The molecule has 1 nitrogen and oxygen atoms in total. The summed E-state index contributed by atoms with van der Waals surface area (Å²) >= 11 is 0.